The largest absolute Gasteiger partial charge is 0.503 e. The summed E-state index contributed by atoms with van der Waals surface area (Å²) in [5.74, 6) is 1.20. The molecule has 0 radical (unpaired) electrons. The van der Waals surface area contributed by atoms with Crippen molar-refractivity contribution in [3.05, 3.63) is 193 Å². The molecule has 1 aliphatic heterocycles. The van der Waals surface area contributed by atoms with Gasteiger partial charge in [-0.15, -0.1) is 42.7 Å². The third kappa shape index (κ3) is 5.41. The van der Waals surface area contributed by atoms with Crippen molar-refractivity contribution in [2.75, 3.05) is 9.80 Å². The van der Waals surface area contributed by atoms with E-state index in [0.717, 1.165) is 72.1 Å². The number of nitrogens with zero attached hydrogens (tertiary/aromatic N) is 5. The van der Waals surface area contributed by atoms with Crippen LogP contribution in [0.1, 0.15) is 16.7 Å². The van der Waals surface area contributed by atoms with Crippen molar-refractivity contribution in [3.63, 3.8) is 0 Å². The van der Waals surface area contributed by atoms with Crippen LogP contribution in [0.15, 0.2) is 158 Å². The molecule has 3 aromatic heterocycles. The Morgan fingerprint density at radius 3 is 2.07 bits per heavy atom. The van der Waals surface area contributed by atoms with Gasteiger partial charge in [-0.3, -0.25) is 4.98 Å². The molecule has 7 heteroatoms. The minimum absolute atomic E-state index is 0. The van der Waals surface area contributed by atoms with Gasteiger partial charge in [0, 0.05) is 71.6 Å². The molecule has 0 aliphatic carbocycles. The standard InChI is InChI=1S/C53H36N5O.Pt/c1-33-28-34(2)51(35(3)29-33)56-32-55(47-22-11-12-23-48(47)56)37-16-13-17-38(30-37)59-39-24-25-40-41-26-27-49-50(42-18-7-9-20-45(42)57(49)36-14-5-4-6-15-36)52(41)58-46-21-10-8-19-44(46)54-53(58)43(40)31-39;/h4-29,32H,1-3H3;/q-3;. The predicted molar refractivity (Wildman–Crippen MR) is 242 cm³/mol. The van der Waals surface area contributed by atoms with E-state index in [1.165, 1.54) is 33.2 Å². The average Bonchev–Trinajstić information content (AvgIpc) is 3.94. The molecule has 0 saturated carbocycles. The van der Waals surface area contributed by atoms with Crippen molar-refractivity contribution in [1.29, 1.82) is 0 Å². The van der Waals surface area contributed by atoms with Gasteiger partial charge in [-0.1, -0.05) is 101 Å². The van der Waals surface area contributed by atoms with Crippen LogP contribution in [0.3, 0.4) is 0 Å². The van der Waals surface area contributed by atoms with Crippen LogP contribution in [-0.4, -0.2) is 14.0 Å². The van der Waals surface area contributed by atoms with E-state index in [0.29, 0.717) is 11.5 Å². The molecule has 11 aromatic rings. The topological polar surface area (TPSA) is 37.9 Å². The third-order valence-corrected chi connectivity index (χ3v) is 11.8. The first-order valence-electron chi connectivity index (χ1n) is 20.0. The number of pyridine rings is 1. The first-order valence-corrected chi connectivity index (χ1v) is 20.0. The number of para-hydroxylation sites is 6. The number of imidazole rings is 1. The van der Waals surface area contributed by atoms with Gasteiger partial charge in [-0.05, 0) is 85.8 Å². The van der Waals surface area contributed by atoms with Crippen LogP contribution in [0.4, 0.5) is 22.7 Å². The monoisotopic (exact) mass is 953 g/mol. The zero-order valence-corrected chi connectivity index (χ0v) is 35.3. The Balaban J connectivity index is 0.00000408. The number of aryl methyl sites for hydroxylation is 3. The van der Waals surface area contributed by atoms with Gasteiger partial charge in [0.15, 0.2) is 0 Å². The number of benzene rings is 8. The first-order chi connectivity index (χ1) is 29.0. The number of rotatable bonds is 5. The molecule has 0 fully saturated rings. The minimum atomic E-state index is 0. The molecule has 0 amide bonds. The normalized spacial score (nSPS) is 12.7. The van der Waals surface area contributed by atoms with E-state index < -0.39 is 0 Å². The van der Waals surface area contributed by atoms with Gasteiger partial charge in [0.2, 0.25) is 0 Å². The van der Waals surface area contributed by atoms with E-state index in [1.54, 1.807) is 0 Å². The molecule has 0 atom stereocenters. The van der Waals surface area contributed by atoms with Crippen LogP contribution in [0, 0.1) is 39.6 Å². The first kappa shape index (κ1) is 36.2. The maximum atomic E-state index is 6.65. The van der Waals surface area contributed by atoms with Gasteiger partial charge in [0.25, 0.3) is 0 Å². The second kappa shape index (κ2) is 13.9. The summed E-state index contributed by atoms with van der Waals surface area (Å²) in [6.45, 7) is 8.68. The Bertz CT molecular complexity index is 3490. The van der Waals surface area contributed by atoms with Gasteiger partial charge >= 0.3 is 0 Å². The van der Waals surface area contributed by atoms with Crippen molar-refractivity contribution in [2.45, 2.75) is 20.8 Å². The van der Waals surface area contributed by atoms with E-state index in [4.69, 9.17) is 9.72 Å². The average molecular weight is 954 g/mol. The number of aromatic nitrogens is 3. The van der Waals surface area contributed by atoms with E-state index in [2.05, 4.69) is 198 Å². The maximum absolute atomic E-state index is 6.65. The molecule has 6 nitrogen and oxygen atoms in total. The Hall–Kier alpha value is -6.88. The van der Waals surface area contributed by atoms with Crippen molar-refractivity contribution in [2.24, 2.45) is 0 Å². The molecular formula is C53H36N5OPt-3. The fourth-order valence-electron chi connectivity index (χ4n) is 9.49. The Morgan fingerprint density at radius 1 is 0.567 bits per heavy atom. The molecule has 292 valence electrons. The van der Waals surface area contributed by atoms with Crippen molar-refractivity contribution >= 4 is 82.9 Å². The quantitative estimate of drug-likeness (QED) is 0.127. The summed E-state index contributed by atoms with van der Waals surface area (Å²) >= 11 is 0. The summed E-state index contributed by atoms with van der Waals surface area (Å²) in [5, 5.41) is 5.48. The Labute approximate surface area is 361 Å². The predicted octanol–water partition coefficient (Wildman–Crippen LogP) is 13.6. The molecule has 0 spiro atoms. The molecule has 1 aliphatic rings. The van der Waals surface area contributed by atoms with Gasteiger partial charge in [-0.25, -0.2) is 0 Å². The molecular weight excluding hydrogens is 918 g/mol. The molecule has 60 heavy (non-hydrogen) atoms. The van der Waals surface area contributed by atoms with Crippen LogP contribution in [0.5, 0.6) is 11.5 Å². The summed E-state index contributed by atoms with van der Waals surface area (Å²) in [7, 11) is 0. The smallest absolute Gasteiger partial charge is 0.0774 e. The SMILES string of the molecule is Cc1cc(C)c(N2[CH-]N(c3[c-]c(Oc4[c-]c5c(cc4)c4ccc6c(c7ccccc7n6-c6ccccc6)c4n4c6ccccc6nc54)ccc3)c3ccccc32)c(C)c1.[Pt]. The summed E-state index contributed by atoms with van der Waals surface area (Å²) in [6.07, 6.45) is 0. The second-order valence-corrected chi connectivity index (χ2v) is 15.5. The number of fused-ring (bicyclic) bond motifs is 13. The van der Waals surface area contributed by atoms with E-state index in [9.17, 15) is 0 Å². The Kier molecular flexibility index (Phi) is 8.37. The molecule has 0 unspecified atom stereocenters. The number of hydrogen-bond acceptors (Lipinski definition) is 4. The fraction of sp³-hybridized carbons (Fsp3) is 0.0566. The van der Waals surface area contributed by atoms with Crippen LogP contribution < -0.4 is 14.5 Å². The summed E-state index contributed by atoms with van der Waals surface area (Å²) in [6, 6.07) is 62.7. The zero-order chi connectivity index (χ0) is 39.4. The van der Waals surface area contributed by atoms with Gasteiger partial charge in [0.05, 0.1) is 27.7 Å². The molecule has 12 rings (SSSR count). The van der Waals surface area contributed by atoms with Crippen LogP contribution in [0.25, 0.3) is 65.8 Å². The number of anilines is 4. The minimum Gasteiger partial charge on any atom is -0.503 e. The summed E-state index contributed by atoms with van der Waals surface area (Å²) < 4.78 is 11.3. The van der Waals surface area contributed by atoms with Crippen molar-refractivity contribution in [3.8, 4) is 17.2 Å². The number of hydrogen-bond donors (Lipinski definition) is 0. The van der Waals surface area contributed by atoms with E-state index in [1.807, 2.05) is 18.2 Å². The maximum Gasteiger partial charge on any atom is 0.0774 e. The van der Waals surface area contributed by atoms with Crippen LogP contribution in [-0.2, 0) is 21.1 Å². The van der Waals surface area contributed by atoms with E-state index >= 15 is 0 Å². The molecule has 4 heterocycles. The molecule has 0 N–H and O–H groups in total. The summed E-state index contributed by atoms with van der Waals surface area (Å²) in [5.41, 5.74) is 15.4. The zero-order valence-electron chi connectivity index (χ0n) is 33.0. The van der Waals surface area contributed by atoms with Crippen LogP contribution >= 0.6 is 0 Å². The van der Waals surface area contributed by atoms with Crippen LogP contribution in [0.2, 0.25) is 0 Å². The van der Waals surface area contributed by atoms with Gasteiger partial charge in [0.1, 0.15) is 0 Å². The van der Waals surface area contributed by atoms with Crippen molar-refractivity contribution < 1.29 is 25.8 Å². The molecule has 0 saturated heterocycles. The second-order valence-electron chi connectivity index (χ2n) is 15.5. The number of ether oxygens (including phenoxy) is 1. The third-order valence-electron chi connectivity index (χ3n) is 11.8. The molecule has 8 aromatic carbocycles. The summed E-state index contributed by atoms with van der Waals surface area (Å²) in [4.78, 5) is 9.75. The van der Waals surface area contributed by atoms with E-state index in [-0.39, 0.29) is 21.1 Å². The molecule has 0 bridgehead atoms. The van der Waals surface area contributed by atoms with Gasteiger partial charge in [-0.2, -0.15) is 6.07 Å². The fourth-order valence-corrected chi connectivity index (χ4v) is 9.49. The Morgan fingerprint density at radius 2 is 1.25 bits per heavy atom. The van der Waals surface area contributed by atoms with Crippen molar-refractivity contribution in [1.82, 2.24) is 14.0 Å². The van der Waals surface area contributed by atoms with Gasteiger partial charge < -0.3 is 23.5 Å².